The van der Waals surface area contributed by atoms with Crippen molar-refractivity contribution in [1.29, 1.82) is 0 Å². The summed E-state index contributed by atoms with van der Waals surface area (Å²) in [6, 6.07) is -1.40. The maximum Gasteiger partial charge on any atom is 0.460 e. The predicted octanol–water partition coefficient (Wildman–Crippen LogP) is 7.84. The van der Waals surface area contributed by atoms with Crippen molar-refractivity contribution in [3.8, 4) is 0 Å². The van der Waals surface area contributed by atoms with Crippen LogP contribution in [-0.4, -0.2) is 36.0 Å². The molecule has 0 heterocycles. The molecule has 1 aromatic carbocycles. The zero-order valence-electron chi connectivity index (χ0n) is 15.0. The molecular weight excluding hydrogens is 522 g/mol. The van der Waals surface area contributed by atoms with Crippen LogP contribution >= 0.6 is 0 Å². The van der Waals surface area contributed by atoms with Gasteiger partial charge in [-0.15, -0.1) is 0 Å². The lowest BCUT2D eigenvalue weighted by Gasteiger charge is -2.36. The highest BCUT2D eigenvalue weighted by Gasteiger charge is 2.84. The zero-order chi connectivity index (χ0) is 26.9. The van der Waals surface area contributed by atoms with Gasteiger partial charge in [-0.25, -0.2) is 0 Å². The Kier molecular flexibility index (Phi) is 6.57. The van der Waals surface area contributed by atoms with E-state index in [9.17, 15) is 79.0 Å². The number of halogens is 18. The maximum atomic E-state index is 14.0. The topological polar surface area (TPSA) is 0 Å². The van der Waals surface area contributed by atoms with Gasteiger partial charge in [0.1, 0.15) is 0 Å². The van der Waals surface area contributed by atoms with Crippen molar-refractivity contribution in [2.75, 3.05) is 0 Å². The Balaban J connectivity index is 3.83. The van der Waals surface area contributed by atoms with Crippen LogP contribution in [0.15, 0.2) is 18.2 Å². The Bertz CT molecular complexity index is 804. The Hall–Kier alpha value is -2.04. The monoisotopic (exact) mass is 528 g/mol. The van der Waals surface area contributed by atoms with Crippen molar-refractivity contribution in [2.24, 2.45) is 0 Å². The molecule has 18 heteroatoms. The molecule has 192 valence electrons. The first-order valence-electron chi connectivity index (χ1n) is 7.65. The summed E-state index contributed by atoms with van der Waals surface area (Å²) in [5.74, 6) is -43.6. The van der Waals surface area contributed by atoms with E-state index in [0.29, 0.717) is 0 Å². The largest absolute Gasteiger partial charge is 0.460 e. The average molecular weight is 528 g/mol. The van der Waals surface area contributed by atoms with Crippen molar-refractivity contribution in [3.05, 3.63) is 34.9 Å². The van der Waals surface area contributed by atoms with Gasteiger partial charge in [0.25, 0.3) is 0 Å². The number of hydrogen-bond donors (Lipinski definition) is 0. The Labute approximate surface area is 170 Å². The fourth-order valence-electron chi connectivity index (χ4n) is 2.40. The predicted molar refractivity (Wildman–Crippen MR) is 70.9 cm³/mol. The quantitative estimate of drug-likeness (QED) is 0.330. The van der Waals surface area contributed by atoms with E-state index in [1.807, 2.05) is 0 Å². The normalized spacial score (nSPS) is 15.7. The Morgan fingerprint density at radius 1 is 0.424 bits per heavy atom. The first kappa shape index (κ1) is 29.0. The van der Waals surface area contributed by atoms with E-state index >= 15 is 0 Å². The van der Waals surface area contributed by atoms with Crippen LogP contribution in [0.3, 0.4) is 0 Å². The Morgan fingerprint density at radius 3 is 0.879 bits per heavy atom. The molecule has 0 aromatic heterocycles. The van der Waals surface area contributed by atoms with Crippen LogP contribution in [0.2, 0.25) is 0 Å². The van der Waals surface area contributed by atoms with Crippen molar-refractivity contribution in [1.82, 2.24) is 0 Å². The van der Waals surface area contributed by atoms with E-state index < -0.39 is 76.7 Å². The summed E-state index contributed by atoms with van der Waals surface area (Å²) in [5.41, 5.74) is -8.19. The van der Waals surface area contributed by atoms with E-state index in [1.54, 1.807) is 0 Å². The third-order valence-electron chi connectivity index (χ3n) is 4.30. The highest BCUT2D eigenvalue weighted by Crippen LogP contribution is 2.60. The minimum absolute atomic E-state index is 0.296. The lowest BCUT2D eigenvalue weighted by Crippen LogP contribution is -2.60. The molecule has 33 heavy (non-hydrogen) atoms. The van der Waals surface area contributed by atoms with Crippen LogP contribution in [0.25, 0.3) is 0 Å². The molecule has 0 unspecified atom stereocenters. The third kappa shape index (κ3) is 3.85. The molecule has 0 spiro atoms. The van der Waals surface area contributed by atoms with E-state index in [0.717, 1.165) is 0 Å². The molecule has 0 bridgehead atoms. The number of hydrogen-bond acceptors (Lipinski definition) is 0. The van der Waals surface area contributed by atoms with E-state index in [-0.39, 0.29) is 13.0 Å². The van der Waals surface area contributed by atoms with Gasteiger partial charge in [0.2, 0.25) is 0 Å². The van der Waals surface area contributed by atoms with Gasteiger partial charge in [-0.1, -0.05) is 18.2 Å². The van der Waals surface area contributed by atoms with Crippen LogP contribution in [-0.2, 0) is 11.8 Å². The summed E-state index contributed by atoms with van der Waals surface area (Å²) in [6.45, 7) is -0.296. The molecule has 0 aliphatic heterocycles. The molecular formula is C15H6F18. The minimum atomic E-state index is -7.54. The second-order valence-electron chi connectivity index (χ2n) is 6.42. The maximum absolute atomic E-state index is 14.0. The fourth-order valence-corrected chi connectivity index (χ4v) is 2.40. The molecule has 0 atom stereocenters. The van der Waals surface area contributed by atoms with Crippen molar-refractivity contribution in [3.63, 3.8) is 0 Å². The second-order valence-corrected chi connectivity index (χ2v) is 6.42. The molecule has 0 N–H and O–H groups in total. The lowest BCUT2D eigenvalue weighted by molar-refractivity contribution is -0.400. The zero-order valence-corrected chi connectivity index (χ0v) is 15.0. The SMILES string of the molecule is Cc1c(C(F)(F)C(F)(F)C(F)(F)C(F)(F)F)cccc1C(F)(F)C(F)(F)C(F)(F)C(F)(F)F. The molecule has 0 aliphatic rings. The number of rotatable bonds is 6. The highest BCUT2D eigenvalue weighted by atomic mass is 19.4. The molecule has 0 saturated heterocycles. The average Bonchev–Trinajstić information content (AvgIpc) is 2.58. The van der Waals surface area contributed by atoms with Crippen molar-refractivity contribution in [2.45, 2.75) is 54.8 Å². The summed E-state index contributed by atoms with van der Waals surface area (Å²) in [4.78, 5) is 0. The first-order chi connectivity index (χ1) is 14.1. The van der Waals surface area contributed by atoms with Crippen molar-refractivity contribution >= 4 is 0 Å². The second kappa shape index (κ2) is 7.48. The van der Waals surface area contributed by atoms with Gasteiger partial charge < -0.3 is 0 Å². The summed E-state index contributed by atoms with van der Waals surface area (Å²) in [6.07, 6.45) is -14.7. The summed E-state index contributed by atoms with van der Waals surface area (Å²) < 4.78 is 235. The van der Waals surface area contributed by atoms with Gasteiger partial charge in [-0.2, -0.15) is 79.0 Å². The highest BCUT2D eigenvalue weighted by molar-refractivity contribution is 5.42. The van der Waals surface area contributed by atoms with E-state index in [2.05, 4.69) is 0 Å². The van der Waals surface area contributed by atoms with E-state index in [4.69, 9.17) is 0 Å². The van der Waals surface area contributed by atoms with Crippen LogP contribution in [0.4, 0.5) is 79.0 Å². The fraction of sp³-hybridized carbons (Fsp3) is 0.600. The molecule has 0 saturated carbocycles. The minimum Gasteiger partial charge on any atom is -0.194 e. The lowest BCUT2D eigenvalue weighted by atomic mass is 9.87. The smallest absolute Gasteiger partial charge is 0.194 e. The van der Waals surface area contributed by atoms with Gasteiger partial charge in [0.15, 0.2) is 0 Å². The number of benzene rings is 1. The van der Waals surface area contributed by atoms with Crippen LogP contribution in [0.1, 0.15) is 16.7 Å². The molecule has 0 radical (unpaired) electrons. The van der Waals surface area contributed by atoms with Crippen LogP contribution in [0.5, 0.6) is 0 Å². The van der Waals surface area contributed by atoms with Gasteiger partial charge in [0, 0.05) is 11.1 Å². The summed E-state index contributed by atoms with van der Waals surface area (Å²) >= 11 is 0. The summed E-state index contributed by atoms with van der Waals surface area (Å²) in [7, 11) is 0. The van der Waals surface area contributed by atoms with E-state index in [1.165, 1.54) is 0 Å². The van der Waals surface area contributed by atoms with Crippen LogP contribution in [0, 0.1) is 6.92 Å². The standard InChI is InChI=1S/C15H6F18/c1-5-6(8(16,17)10(20,21)12(24,25)14(28,29)30)3-2-4-7(5)9(18,19)11(22,23)13(26,27)15(31,32)33/h2-4H,1H3. The summed E-state index contributed by atoms with van der Waals surface area (Å²) in [5, 5.41) is 0. The van der Waals surface area contributed by atoms with Crippen LogP contribution < -0.4 is 0 Å². The first-order valence-corrected chi connectivity index (χ1v) is 7.65. The Morgan fingerprint density at radius 2 is 0.667 bits per heavy atom. The third-order valence-corrected chi connectivity index (χ3v) is 4.30. The molecule has 1 aromatic rings. The molecule has 0 nitrogen and oxygen atoms in total. The van der Waals surface area contributed by atoms with Gasteiger partial charge in [-0.3, -0.25) is 0 Å². The molecule has 0 fully saturated rings. The van der Waals surface area contributed by atoms with Gasteiger partial charge >= 0.3 is 47.9 Å². The molecule has 0 aliphatic carbocycles. The molecule has 1 rings (SSSR count). The number of alkyl halides is 18. The van der Waals surface area contributed by atoms with Gasteiger partial charge in [0.05, 0.1) is 0 Å². The molecule has 0 amide bonds. The van der Waals surface area contributed by atoms with Gasteiger partial charge in [-0.05, 0) is 12.5 Å². The van der Waals surface area contributed by atoms with Crippen molar-refractivity contribution < 1.29 is 79.0 Å².